The van der Waals surface area contributed by atoms with E-state index in [9.17, 15) is 9.59 Å². The van der Waals surface area contributed by atoms with Crippen molar-refractivity contribution in [2.24, 2.45) is 0 Å². The molecule has 0 radical (unpaired) electrons. The number of anilines is 2. The number of thiazole rings is 1. The van der Waals surface area contributed by atoms with Gasteiger partial charge in [0.05, 0.1) is 12.1 Å². The first-order valence-corrected chi connectivity index (χ1v) is 10.6. The highest BCUT2D eigenvalue weighted by Gasteiger charge is 2.09. The third-order valence-electron chi connectivity index (χ3n) is 3.95. The zero-order valence-electron chi connectivity index (χ0n) is 16.6. The Bertz CT molecular complexity index is 1040. The average Bonchev–Trinajstić information content (AvgIpc) is 3.20. The molecule has 0 aliphatic heterocycles. The molecular formula is C22H21ClN4O3S. The second-order valence-corrected chi connectivity index (χ2v) is 7.78. The molecule has 0 spiro atoms. The number of urea groups is 1. The van der Waals surface area contributed by atoms with Crippen LogP contribution in [0.15, 0.2) is 66.6 Å². The summed E-state index contributed by atoms with van der Waals surface area (Å²) in [4.78, 5) is 28.4. The van der Waals surface area contributed by atoms with E-state index >= 15 is 0 Å². The number of aromatic nitrogens is 1. The summed E-state index contributed by atoms with van der Waals surface area (Å²) in [7, 11) is 0. The lowest BCUT2D eigenvalue weighted by Crippen LogP contribution is -2.28. The van der Waals surface area contributed by atoms with Crippen LogP contribution in [-0.4, -0.2) is 23.5 Å². The smallest absolute Gasteiger partial charge is 0.319 e. The Morgan fingerprint density at radius 2 is 1.74 bits per heavy atom. The molecule has 3 N–H and O–H groups in total. The minimum Gasteiger partial charge on any atom is -0.486 e. The first-order valence-electron chi connectivity index (χ1n) is 9.39. The van der Waals surface area contributed by atoms with E-state index in [1.165, 1.54) is 11.3 Å². The van der Waals surface area contributed by atoms with Gasteiger partial charge in [0.1, 0.15) is 17.4 Å². The Morgan fingerprint density at radius 1 is 1.06 bits per heavy atom. The molecule has 3 aromatic rings. The topological polar surface area (TPSA) is 92.4 Å². The fourth-order valence-electron chi connectivity index (χ4n) is 2.52. The van der Waals surface area contributed by atoms with Crippen LogP contribution < -0.4 is 20.7 Å². The molecule has 0 saturated carbocycles. The van der Waals surface area contributed by atoms with Crippen molar-refractivity contribution in [3.63, 3.8) is 0 Å². The number of nitrogens with one attached hydrogen (secondary N) is 3. The largest absolute Gasteiger partial charge is 0.486 e. The van der Waals surface area contributed by atoms with Gasteiger partial charge < -0.3 is 20.7 Å². The second kappa shape index (κ2) is 11.1. The molecule has 3 rings (SSSR count). The Kier molecular flexibility index (Phi) is 8.03. The van der Waals surface area contributed by atoms with E-state index < -0.39 is 0 Å². The van der Waals surface area contributed by atoms with Crippen molar-refractivity contribution in [1.29, 1.82) is 0 Å². The molecule has 0 fully saturated rings. The van der Waals surface area contributed by atoms with Crippen LogP contribution in [0.1, 0.15) is 10.7 Å². The third-order valence-corrected chi connectivity index (χ3v) is 5.07. The van der Waals surface area contributed by atoms with Crippen molar-refractivity contribution < 1.29 is 14.3 Å². The van der Waals surface area contributed by atoms with Crippen LogP contribution in [0.4, 0.5) is 16.2 Å². The zero-order chi connectivity index (χ0) is 22.1. The molecule has 0 atom stereocenters. The Morgan fingerprint density at radius 3 is 2.42 bits per heavy atom. The number of hydrogen-bond acceptors (Lipinski definition) is 5. The number of carbonyl (C=O) groups excluding carboxylic acids is 2. The molecule has 0 bridgehead atoms. The normalized spacial score (nSPS) is 10.2. The molecule has 31 heavy (non-hydrogen) atoms. The lowest BCUT2D eigenvalue weighted by Gasteiger charge is -2.08. The number of halogens is 1. The van der Waals surface area contributed by atoms with Gasteiger partial charge in [0.15, 0.2) is 0 Å². The summed E-state index contributed by atoms with van der Waals surface area (Å²) in [6, 6.07) is 13.6. The van der Waals surface area contributed by atoms with Gasteiger partial charge in [-0.3, -0.25) is 4.79 Å². The quantitative estimate of drug-likeness (QED) is 0.401. The lowest BCUT2D eigenvalue weighted by molar-refractivity contribution is -0.115. The first-order chi connectivity index (χ1) is 15.0. The Labute approximate surface area is 189 Å². The van der Waals surface area contributed by atoms with E-state index in [1.54, 1.807) is 54.6 Å². The highest BCUT2D eigenvalue weighted by atomic mass is 35.5. The summed E-state index contributed by atoms with van der Waals surface area (Å²) in [5.41, 5.74) is 1.92. The van der Waals surface area contributed by atoms with Gasteiger partial charge in [-0.15, -0.1) is 17.9 Å². The van der Waals surface area contributed by atoms with Gasteiger partial charge in [-0.2, -0.15) is 0 Å². The van der Waals surface area contributed by atoms with Crippen LogP contribution in [0.5, 0.6) is 5.75 Å². The molecular weight excluding hydrogens is 436 g/mol. The highest BCUT2D eigenvalue weighted by molar-refractivity contribution is 7.09. The van der Waals surface area contributed by atoms with Crippen LogP contribution >= 0.6 is 22.9 Å². The van der Waals surface area contributed by atoms with Crippen molar-refractivity contribution in [3.05, 3.63) is 82.3 Å². The van der Waals surface area contributed by atoms with Crippen LogP contribution in [0.3, 0.4) is 0 Å². The van der Waals surface area contributed by atoms with E-state index in [-0.39, 0.29) is 18.4 Å². The predicted octanol–water partition coefficient (Wildman–Crippen LogP) is 4.86. The number of nitrogens with zero attached hydrogens (tertiary/aromatic N) is 1. The van der Waals surface area contributed by atoms with Crippen LogP contribution in [-0.2, 0) is 17.8 Å². The fraction of sp³-hybridized carbons (Fsp3) is 0.136. The van der Waals surface area contributed by atoms with Crippen molar-refractivity contribution in [2.75, 3.05) is 17.2 Å². The average molecular weight is 457 g/mol. The molecule has 160 valence electrons. The minimum atomic E-state index is -0.323. The van der Waals surface area contributed by atoms with Crippen molar-refractivity contribution in [2.45, 2.75) is 13.0 Å². The molecule has 0 aliphatic rings. The van der Waals surface area contributed by atoms with E-state index in [0.717, 1.165) is 5.01 Å². The number of hydrogen-bond donors (Lipinski definition) is 3. The summed E-state index contributed by atoms with van der Waals surface area (Å²) < 4.78 is 5.67. The van der Waals surface area contributed by atoms with Gasteiger partial charge >= 0.3 is 6.03 Å². The van der Waals surface area contributed by atoms with Gasteiger partial charge in [0.25, 0.3) is 0 Å². The van der Waals surface area contributed by atoms with Crippen molar-refractivity contribution >= 4 is 46.3 Å². The van der Waals surface area contributed by atoms with Gasteiger partial charge in [-0.05, 0) is 48.5 Å². The number of benzene rings is 2. The Hall–Kier alpha value is -3.36. The fourth-order valence-corrected chi connectivity index (χ4v) is 3.35. The molecule has 3 amide bonds. The number of rotatable bonds is 9. The van der Waals surface area contributed by atoms with Crippen LogP contribution in [0.2, 0.25) is 5.02 Å². The van der Waals surface area contributed by atoms with Gasteiger partial charge in [-0.1, -0.05) is 17.7 Å². The van der Waals surface area contributed by atoms with Crippen LogP contribution in [0.25, 0.3) is 0 Å². The molecule has 7 nitrogen and oxygen atoms in total. The van der Waals surface area contributed by atoms with Crippen molar-refractivity contribution in [1.82, 2.24) is 10.3 Å². The summed E-state index contributed by atoms with van der Waals surface area (Å²) in [5.74, 6) is 0.523. The molecule has 1 heterocycles. The molecule has 2 aromatic carbocycles. The summed E-state index contributed by atoms with van der Waals surface area (Å²) in [6.45, 7) is 4.24. The second-order valence-electron chi connectivity index (χ2n) is 6.40. The molecule has 0 saturated heterocycles. The van der Waals surface area contributed by atoms with Gasteiger partial charge in [0.2, 0.25) is 5.91 Å². The summed E-state index contributed by atoms with van der Waals surface area (Å²) >= 11 is 7.30. The first kappa shape index (κ1) is 22.3. The maximum Gasteiger partial charge on any atom is 0.319 e. The third kappa shape index (κ3) is 7.44. The molecule has 0 unspecified atom stereocenters. The van der Waals surface area contributed by atoms with Crippen LogP contribution in [0, 0.1) is 0 Å². The molecule has 9 heteroatoms. The molecule has 0 aliphatic carbocycles. The lowest BCUT2D eigenvalue weighted by atomic mass is 10.2. The molecule has 1 aromatic heterocycles. The number of amides is 3. The highest BCUT2D eigenvalue weighted by Crippen LogP contribution is 2.19. The predicted molar refractivity (Wildman–Crippen MR) is 124 cm³/mol. The maximum absolute atomic E-state index is 12.3. The van der Waals surface area contributed by atoms with E-state index in [0.29, 0.717) is 41.0 Å². The van der Waals surface area contributed by atoms with E-state index in [4.69, 9.17) is 16.3 Å². The SMILES string of the molecule is C=CCNC(=O)Nc1ccc(NC(=O)Cc2csc(COc3ccc(Cl)cc3)n2)cc1. The van der Waals surface area contributed by atoms with Gasteiger partial charge in [-0.25, -0.2) is 9.78 Å². The Balaban J connectivity index is 1.45. The standard InChI is InChI=1S/C22H21ClN4O3S/c1-2-11-24-22(29)27-17-7-5-16(6-8-17)25-20(28)12-18-14-31-21(26-18)13-30-19-9-3-15(23)4-10-19/h2-10,14H,1,11-13H2,(H,25,28)(H2,24,27,29). The summed E-state index contributed by atoms with van der Waals surface area (Å²) in [6.07, 6.45) is 1.75. The van der Waals surface area contributed by atoms with Crippen molar-refractivity contribution in [3.8, 4) is 5.75 Å². The number of carbonyl (C=O) groups is 2. The number of ether oxygens (including phenoxy) is 1. The maximum atomic E-state index is 12.3. The van der Waals surface area contributed by atoms with Gasteiger partial charge in [0, 0.05) is 28.3 Å². The summed E-state index contributed by atoms with van der Waals surface area (Å²) in [5, 5.41) is 11.4. The van der Waals surface area contributed by atoms with E-state index in [1.807, 2.05) is 5.38 Å². The zero-order valence-corrected chi connectivity index (χ0v) is 18.1. The minimum absolute atomic E-state index is 0.154. The monoisotopic (exact) mass is 456 g/mol. The van der Waals surface area contributed by atoms with E-state index in [2.05, 4.69) is 27.5 Å².